The summed E-state index contributed by atoms with van der Waals surface area (Å²) in [5, 5.41) is 5.03. The molecular weight excluding hydrogens is 438 g/mol. The number of aromatic nitrogens is 1. The Kier molecular flexibility index (Phi) is 4.90. The summed E-state index contributed by atoms with van der Waals surface area (Å²) in [6, 6.07) is 17.7. The SMILES string of the molecule is O=C(Nc1nc2ccccc2s1)[C@@H]1Cc2ccccc2CN1S(=O)(=O)c1cccs1. The number of carbonyl (C=O) groups excluding carboxylic acids is 1. The van der Waals surface area contributed by atoms with Crippen LogP contribution < -0.4 is 5.32 Å². The second-order valence-corrected chi connectivity index (χ2v) is 11.0. The van der Waals surface area contributed by atoms with E-state index in [1.807, 2.05) is 48.5 Å². The van der Waals surface area contributed by atoms with Gasteiger partial charge in [0.1, 0.15) is 10.3 Å². The van der Waals surface area contributed by atoms with Crippen LogP contribution in [0.3, 0.4) is 0 Å². The summed E-state index contributed by atoms with van der Waals surface area (Å²) in [4.78, 5) is 17.7. The Morgan fingerprint density at radius 2 is 1.80 bits per heavy atom. The molecule has 0 radical (unpaired) electrons. The average molecular weight is 456 g/mol. The minimum atomic E-state index is -3.80. The van der Waals surface area contributed by atoms with E-state index in [-0.39, 0.29) is 16.7 Å². The first-order valence-electron chi connectivity index (χ1n) is 9.31. The molecule has 6 nitrogen and oxygen atoms in total. The number of hydrogen-bond acceptors (Lipinski definition) is 6. The molecule has 1 atom stereocenters. The minimum Gasteiger partial charge on any atom is -0.301 e. The number of thiophene rings is 1. The molecule has 1 aliphatic rings. The molecule has 0 fully saturated rings. The first kappa shape index (κ1) is 19.4. The number of rotatable bonds is 4. The highest BCUT2D eigenvalue weighted by molar-refractivity contribution is 7.91. The lowest BCUT2D eigenvalue weighted by Gasteiger charge is -2.34. The lowest BCUT2D eigenvalue weighted by Crippen LogP contribution is -2.50. The molecule has 2 aromatic carbocycles. The Labute approximate surface area is 181 Å². The van der Waals surface area contributed by atoms with Gasteiger partial charge in [0.2, 0.25) is 5.91 Å². The fourth-order valence-corrected chi connectivity index (χ4v) is 7.17. The Bertz CT molecular complexity index is 1300. The van der Waals surface area contributed by atoms with Gasteiger partial charge in [-0.3, -0.25) is 4.79 Å². The molecule has 0 saturated heterocycles. The van der Waals surface area contributed by atoms with E-state index in [2.05, 4.69) is 10.3 Å². The number of nitrogens with one attached hydrogen (secondary N) is 1. The highest BCUT2D eigenvalue weighted by Gasteiger charge is 2.40. The number of thiazole rings is 1. The number of benzene rings is 2. The van der Waals surface area contributed by atoms with Crippen molar-refractivity contribution < 1.29 is 13.2 Å². The van der Waals surface area contributed by atoms with Crippen LogP contribution in [-0.2, 0) is 27.8 Å². The van der Waals surface area contributed by atoms with Crippen molar-refractivity contribution in [1.29, 1.82) is 0 Å². The number of nitrogens with zero attached hydrogens (tertiary/aromatic N) is 2. The van der Waals surface area contributed by atoms with E-state index in [0.29, 0.717) is 11.6 Å². The fraction of sp³-hybridized carbons (Fsp3) is 0.143. The zero-order chi connectivity index (χ0) is 20.7. The van der Waals surface area contributed by atoms with E-state index < -0.39 is 16.1 Å². The van der Waals surface area contributed by atoms with Crippen LogP contribution in [0.4, 0.5) is 5.13 Å². The summed E-state index contributed by atoms with van der Waals surface area (Å²) >= 11 is 2.53. The van der Waals surface area contributed by atoms with Gasteiger partial charge in [-0.15, -0.1) is 11.3 Å². The molecule has 2 aromatic heterocycles. The third-order valence-electron chi connectivity index (χ3n) is 5.09. The van der Waals surface area contributed by atoms with E-state index in [0.717, 1.165) is 32.7 Å². The molecule has 3 heterocycles. The van der Waals surface area contributed by atoms with Gasteiger partial charge in [0, 0.05) is 6.54 Å². The molecule has 1 aliphatic heterocycles. The molecule has 9 heteroatoms. The Morgan fingerprint density at radius 3 is 2.57 bits per heavy atom. The molecular formula is C21H17N3O3S3. The predicted molar refractivity (Wildman–Crippen MR) is 119 cm³/mol. The molecule has 152 valence electrons. The zero-order valence-corrected chi connectivity index (χ0v) is 18.1. The van der Waals surface area contributed by atoms with Crippen molar-refractivity contribution in [3.05, 3.63) is 77.2 Å². The van der Waals surface area contributed by atoms with Gasteiger partial charge in [-0.05, 0) is 41.1 Å². The molecule has 0 saturated carbocycles. The minimum absolute atomic E-state index is 0.161. The smallest absolute Gasteiger partial charge is 0.253 e. The van der Waals surface area contributed by atoms with Gasteiger partial charge in [0.05, 0.1) is 10.2 Å². The van der Waals surface area contributed by atoms with E-state index in [4.69, 9.17) is 0 Å². The molecule has 0 bridgehead atoms. The van der Waals surface area contributed by atoms with Gasteiger partial charge in [-0.1, -0.05) is 53.8 Å². The number of amides is 1. The quantitative estimate of drug-likeness (QED) is 0.502. The van der Waals surface area contributed by atoms with Gasteiger partial charge in [0.15, 0.2) is 5.13 Å². The van der Waals surface area contributed by atoms with Crippen LogP contribution >= 0.6 is 22.7 Å². The number of para-hydroxylation sites is 1. The highest BCUT2D eigenvalue weighted by atomic mass is 32.2. The van der Waals surface area contributed by atoms with Crippen LogP contribution in [-0.4, -0.2) is 29.7 Å². The van der Waals surface area contributed by atoms with Crippen LogP contribution in [0.25, 0.3) is 10.2 Å². The van der Waals surface area contributed by atoms with Crippen LogP contribution in [0.5, 0.6) is 0 Å². The molecule has 0 aliphatic carbocycles. The number of anilines is 1. The van der Waals surface area contributed by atoms with E-state index in [9.17, 15) is 13.2 Å². The van der Waals surface area contributed by atoms with Gasteiger partial charge in [-0.25, -0.2) is 13.4 Å². The van der Waals surface area contributed by atoms with Gasteiger partial charge >= 0.3 is 0 Å². The van der Waals surface area contributed by atoms with Crippen molar-refractivity contribution in [2.75, 3.05) is 5.32 Å². The monoisotopic (exact) mass is 455 g/mol. The molecule has 1 amide bonds. The maximum atomic E-state index is 13.3. The number of fused-ring (bicyclic) bond motifs is 2. The number of carbonyl (C=O) groups is 1. The van der Waals surface area contributed by atoms with Crippen molar-refractivity contribution in [2.45, 2.75) is 23.2 Å². The van der Waals surface area contributed by atoms with E-state index in [1.54, 1.807) is 17.5 Å². The largest absolute Gasteiger partial charge is 0.301 e. The summed E-state index contributed by atoms with van der Waals surface area (Å²) in [7, 11) is -3.80. The third kappa shape index (κ3) is 3.43. The molecule has 0 spiro atoms. The van der Waals surface area contributed by atoms with Gasteiger partial charge < -0.3 is 5.32 Å². The molecule has 30 heavy (non-hydrogen) atoms. The topological polar surface area (TPSA) is 79.4 Å². The van der Waals surface area contributed by atoms with Crippen molar-refractivity contribution in [2.24, 2.45) is 0 Å². The summed E-state index contributed by atoms with van der Waals surface area (Å²) in [5.74, 6) is -0.372. The van der Waals surface area contributed by atoms with Crippen molar-refractivity contribution in [3.8, 4) is 0 Å². The van der Waals surface area contributed by atoms with Crippen LogP contribution in [0.2, 0.25) is 0 Å². The average Bonchev–Trinajstić information content (AvgIpc) is 3.42. The highest BCUT2D eigenvalue weighted by Crippen LogP contribution is 2.32. The van der Waals surface area contributed by atoms with E-state index >= 15 is 0 Å². The van der Waals surface area contributed by atoms with E-state index in [1.165, 1.54) is 15.6 Å². The third-order valence-corrected chi connectivity index (χ3v) is 9.27. The summed E-state index contributed by atoms with van der Waals surface area (Å²) in [6.45, 7) is 0.161. The fourth-order valence-electron chi connectivity index (χ4n) is 3.62. The van der Waals surface area contributed by atoms with Gasteiger partial charge in [-0.2, -0.15) is 4.31 Å². The van der Waals surface area contributed by atoms with Crippen molar-refractivity contribution >= 4 is 54.0 Å². The zero-order valence-electron chi connectivity index (χ0n) is 15.7. The number of sulfonamides is 1. The second kappa shape index (κ2) is 7.59. The van der Waals surface area contributed by atoms with Crippen LogP contribution in [0.15, 0.2) is 70.3 Å². The van der Waals surface area contributed by atoms with Gasteiger partial charge in [0.25, 0.3) is 10.0 Å². The van der Waals surface area contributed by atoms with Crippen molar-refractivity contribution in [3.63, 3.8) is 0 Å². The first-order chi connectivity index (χ1) is 14.5. The Morgan fingerprint density at radius 1 is 1.03 bits per heavy atom. The van der Waals surface area contributed by atoms with Crippen LogP contribution in [0, 0.1) is 0 Å². The maximum absolute atomic E-state index is 13.3. The molecule has 1 N–H and O–H groups in total. The van der Waals surface area contributed by atoms with Crippen molar-refractivity contribution in [1.82, 2.24) is 9.29 Å². The molecule has 5 rings (SSSR count). The second-order valence-electron chi connectivity index (χ2n) is 6.95. The summed E-state index contributed by atoms with van der Waals surface area (Å²) in [6.07, 6.45) is 0.317. The summed E-state index contributed by atoms with van der Waals surface area (Å²) in [5.41, 5.74) is 2.70. The first-order valence-corrected chi connectivity index (χ1v) is 12.4. The Hall–Kier alpha value is -2.59. The lowest BCUT2D eigenvalue weighted by atomic mass is 9.95. The standard InChI is InChI=1S/C21H17N3O3S3/c25-20(23-21-22-16-8-3-4-9-18(16)29-21)17-12-14-6-1-2-7-15(14)13-24(17)30(26,27)19-10-5-11-28-19/h1-11,17H,12-13H2,(H,22,23,25)/t17-/m0/s1. The van der Waals surface area contributed by atoms with Crippen LogP contribution in [0.1, 0.15) is 11.1 Å². The summed E-state index contributed by atoms with van der Waals surface area (Å²) < 4.78 is 29.1. The number of hydrogen-bond donors (Lipinski definition) is 1. The molecule has 0 unspecified atom stereocenters. The Balaban J connectivity index is 1.50. The molecule has 4 aromatic rings. The lowest BCUT2D eigenvalue weighted by molar-refractivity contribution is -0.120. The predicted octanol–water partition coefficient (Wildman–Crippen LogP) is 4.11. The maximum Gasteiger partial charge on any atom is 0.253 e. The normalized spacial score (nSPS) is 17.0.